The summed E-state index contributed by atoms with van der Waals surface area (Å²) in [5, 5.41) is 1.51. The Morgan fingerprint density at radius 2 is 1.09 bits per heavy atom. The average molecular weight is 786 g/mol. The summed E-state index contributed by atoms with van der Waals surface area (Å²) in [7, 11) is -1.04. The van der Waals surface area contributed by atoms with Crippen molar-refractivity contribution in [2.45, 2.75) is 98.0 Å². The second-order valence-corrected chi connectivity index (χ2v) is 30.5. The molecule has 9 rings (SSSR count). The molecule has 0 amide bonds. The van der Waals surface area contributed by atoms with Gasteiger partial charge in [-0.2, -0.15) is 0 Å². The van der Waals surface area contributed by atoms with Crippen LogP contribution in [0.2, 0.25) is 20.1 Å². The van der Waals surface area contributed by atoms with E-state index >= 15 is 0 Å². The fraction of sp³-hybridized carbons (Fsp3) is 0.472. The average Bonchev–Trinajstić information content (AvgIpc) is 3.24. The van der Waals surface area contributed by atoms with Gasteiger partial charge in [-0.25, -0.2) is 0 Å². The summed E-state index contributed by atoms with van der Waals surface area (Å²) in [5.74, 6) is 0.818. The Morgan fingerprint density at radius 1 is 0.660 bits per heavy atom. The van der Waals surface area contributed by atoms with Crippen molar-refractivity contribution in [2.24, 2.45) is 10.8 Å². The van der Waals surface area contributed by atoms with E-state index < -0.39 is 32.8 Å². The van der Waals surface area contributed by atoms with Gasteiger partial charge in [-0.3, -0.25) is 0 Å². The van der Waals surface area contributed by atoms with E-state index in [1.807, 2.05) is 0 Å². The van der Waals surface area contributed by atoms with Gasteiger partial charge in [0.25, 0.3) is 0 Å². The topological polar surface area (TPSA) is 27.7 Å². The zero-order chi connectivity index (χ0) is 34.4. The predicted molar refractivity (Wildman–Crippen MR) is 208 cm³/mol. The van der Waals surface area contributed by atoms with Crippen LogP contribution in [0.25, 0.3) is 0 Å². The molecule has 0 radical (unpaired) electrons. The summed E-state index contributed by atoms with van der Waals surface area (Å²) in [4.78, 5) is -0.746. The second-order valence-electron chi connectivity index (χ2n) is 16.2. The molecule has 4 saturated heterocycles. The van der Waals surface area contributed by atoms with Gasteiger partial charge in [0.1, 0.15) is 0 Å². The normalized spacial score (nSPS) is 32.9. The van der Waals surface area contributed by atoms with Gasteiger partial charge in [-0.05, 0) is 0 Å². The molecule has 6 aliphatic heterocycles. The number of benzene rings is 3. The third-order valence-corrected chi connectivity index (χ3v) is 36.2. The molecule has 3 aromatic rings. The number of rotatable bonds is 2. The van der Waals surface area contributed by atoms with Crippen molar-refractivity contribution >= 4 is 82.1 Å². The third kappa shape index (κ3) is 3.24. The monoisotopic (exact) mass is 784 g/mol. The SMILES string of the molecule is Cc1cc(C)c(C23OP4C5(C(C)(C)C)P2C(C(C)(C)C)=PP32(Oc3c(Cl)c(Cl)c(Cl)c(Cl)c3O2)C45c2c(C)cc(C)cc2C)c(C)c1. The molecule has 0 saturated carbocycles. The van der Waals surface area contributed by atoms with Crippen LogP contribution in [0.3, 0.4) is 0 Å². The van der Waals surface area contributed by atoms with Gasteiger partial charge in [0.15, 0.2) is 0 Å². The quantitative estimate of drug-likeness (QED) is 0.147. The standard InChI is InChI=1S/C36H40Cl4O3P4/c1-17-13-19(3)23(20(4)14-17)34-36(33(10,11)12)45-31(32(7,8)9)44-47(34,41-29-27(39)25(37)26(38)28(40)30(29)42-47)35(45,43-46(34)36)24-21(5)15-18(2)16-22(24)6/h13-16H,1-12H3. The minimum absolute atomic E-state index is 0.143. The molecule has 6 bridgehead atoms. The molecule has 4 fully saturated rings. The first-order valence-corrected chi connectivity index (χ1v) is 23.7. The second kappa shape index (κ2) is 9.43. The summed E-state index contributed by atoms with van der Waals surface area (Å²) in [6.45, 7) is 23.4. The minimum atomic E-state index is -4.26. The fourth-order valence-electron chi connectivity index (χ4n) is 9.94. The molecular formula is C36H40Cl4O3P4. The molecule has 6 heterocycles. The van der Waals surface area contributed by atoms with Crippen molar-refractivity contribution in [2.75, 3.05) is 0 Å². The first-order valence-electron chi connectivity index (χ1n) is 16.0. The van der Waals surface area contributed by atoms with E-state index in [4.69, 9.17) is 60.0 Å². The van der Waals surface area contributed by atoms with Crippen LogP contribution < -0.4 is 9.05 Å². The number of aryl methyl sites for hydroxylation is 6. The van der Waals surface area contributed by atoms with Crippen LogP contribution in [0.15, 0.2) is 24.3 Å². The number of hydrogen-bond acceptors (Lipinski definition) is 3. The van der Waals surface area contributed by atoms with Crippen molar-refractivity contribution in [3.8, 4) is 11.5 Å². The van der Waals surface area contributed by atoms with Crippen molar-refractivity contribution < 1.29 is 13.6 Å². The molecule has 3 aromatic carbocycles. The summed E-state index contributed by atoms with van der Waals surface area (Å²) in [6, 6.07) is 9.24. The van der Waals surface area contributed by atoms with Crippen molar-refractivity contribution in [1.29, 1.82) is 0 Å². The Labute approximate surface area is 303 Å². The Balaban J connectivity index is 1.66. The molecule has 5 unspecified atom stereocenters. The van der Waals surface area contributed by atoms with Gasteiger partial charge >= 0.3 is 305 Å². The van der Waals surface area contributed by atoms with Gasteiger partial charge < -0.3 is 0 Å². The van der Waals surface area contributed by atoms with Gasteiger partial charge in [0.05, 0.1) is 0 Å². The van der Waals surface area contributed by atoms with E-state index in [0.717, 1.165) is 7.89 Å². The molecule has 3 nitrogen and oxygen atoms in total. The Hall–Kier alpha value is -0.160. The van der Waals surface area contributed by atoms with Gasteiger partial charge in [0.2, 0.25) is 0 Å². The third-order valence-electron chi connectivity index (χ3n) is 10.9. The molecule has 47 heavy (non-hydrogen) atoms. The first kappa shape index (κ1) is 34.0. The van der Waals surface area contributed by atoms with Crippen LogP contribution in [0.1, 0.15) is 86.1 Å². The zero-order valence-corrected chi connectivity index (χ0v) is 35.4. The summed E-state index contributed by atoms with van der Waals surface area (Å²) < 4.78 is 24.0. The molecular weight excluding hydrogens is 746 g/mol. The Morgan fingerprint density at radius 3 is 1.49 bits per heavy atom. The van der Waals surface area contributed by atoms with E-state index in [1.165, 1.54) is 49.5 Å². The van der Waals surface area contributed by atoms with Crippen LogP contribution in [-0.2, 0) is 14.5 Å². The maximum absolute atomic E-state index is 8.05. The summed E-state index contributed by atoms with van der Waals surface area (Å²) in [5.41, 5.74) is 9.63. The zero-order valence-electron chi connectivity index (χ0n) is 28.8. The fourth-order valence-corrected chi connectivity index (χ4v) is 45.8. The number of hydrogen-bond donors (Lipinski definition) is 0. The summed E-state index contributed by atoms with van der Waals surface area (Å²) >= 11 is 27.9. The molecule has 11 heteroatoms. The first-order chi connectivity index (χ1) is 21.6. The molecule has 0 aromatic heterocycles. The van der Waals surface area contributed by atoms with E-state index in [2.05, 4.69) is 107 Å². The molecule has 250 valence electrons. The number of fused-ring (bicyclic) bond motifs is 1. The molecule has 5 atom stereocenters. The molecule has 0 aliphatic carbocycles. The number of halogens is 4. The van der Waals surface area contributed by atoms with Crippen molar-refractivity contribution in [3.05, 3.63) is 88.9 Å². The Bertz CT molecular complexity index is 1980. The molecule has 1 spiro atoms. The van der Waals surface area contributed by atoms with Crippen molar-refractivity contribution in [3.63, 3.8) is 0 Å². The predicted octanol–water partition coefficient (Wildman–Crippen LogP) is 14.7. The Kier molecular flexibility index (Phi) is 6.82. The van der Waals surface area contributed by atoms with Gasteiger partial charge in [0, 0.05) is 0 Å². The molecule has 6 aliphatic rings. The van der Waals surface area contributed by atoms with Gasteiger partial charge in [-0.15, -0.1) is 0 Å². The van der Waals surface area contributed by atoms with Crippen LogP contribution in [0.5, 0.6) is 11.5 Å². The van der Waals surface area contributed by atoms with Crippen molar-refractivity contribution in [1.82, 2.24) is 0 Å². The van der Waals surface area contributed by atoms with Gasteiger partial charge in [-0.1, -0.05) is 0 Å². The molecule has 0 N–H and O–H groups in total. The van der Waals surface area contributed by atoms with E-state index in [-0.39, 0.29) is 35.8 Å². The van der Waals surface area contributed by atoms with E-state index in [1.54, 1.807) is 0 Å². The van der Waals surface area contributed by atoms with E-state index in [0.29, 0.717) is 11.5 Å². The van der Waals surface area contributed by atoms with Crippen LogP contribution >= 0.6 is 77.1 Å². The van der Waals surface area contributed by atoms with Crippen LogP contribution in [0, 0.1) is 52.4 Å². The maximum atomic E-state index is 8.05. The van der Waals surface area contributed by atoms with E-state index in [9.17, 15) is 0 Å². The van der Waals surface area contributed by atoms with Crippen LogP contribution in [0.4, 0.5) is 0 Å². The van der Waals surface area contributed by atoms with Crippen LogP contribution in [-0.4, -0.2) is 9.93 Å². The summed E-state index contributed by atoms with van der Waals surface area (Å²) in [6.07, 6.45) is 0.